The van der Waals surface area contributed by atoms with Crippen LogP contribution >= 0.6 is 11.6 Å². The predicted molar refractivity (Wildman–Crippen MR) is 89.5 cm³/mol. The lowest BCUT2D eigenvalue weighted by Gasteiger charge is -2.23. The Morgan fingerprint density at radius 2 is 1.86 bits per heavy atom. The first-order chi connectivity index (χ1) is 10.1. The van der Waals surface area contributed by atoms with Gasteiger partial charge in [0, 0.05) is 35.8 Å². The fourth-order valence-electron chi connectivity index (χ4n) is 2.27. The quantitative estimate of drug-likeness (QED) is 0.718. The molecule has 0 amide bonds. The Bertz CT molecular complexity index is 607. The number of halogens is 1. The highest BCUT2D eigenvalue weighted by molar-refractivity contribution is 6.31. The SMILES string of the molecule is CCN(CCC(=O)c1cccc(Cl)c1)c1ccc(C)cc1. The molecule has 0 bridgehead atoms. The molecule has 2 aromatic carbocycles. The number of hydrogen-bond donors (Lipinski definition) is 0. The number of benzene rings is 2. The van der Waals surface area contributed by atoms with E-state index in [0.717, 1.165) is 12.2 Å². The van der Waals surface area contributed by atoms with Gasteiger partial charge in [0.05, 0.1) is 0 Å². The van der Waals surface area contributed by atoms with Gasteiger partial charge in [-0.2, -0.15) is 0 Å². The van der Waals surface area contributed by atoms with E-state index >= 15 is 0 Å². The van der Waals surface area contributed by atoms with Crippen molar-refractivity contribution in [2.75, 3.05) is 18.0 Å². The van der Waals surface area contributed by atoms with Crippen LogP contribution < -0.4 is 4.90 Å². The Labute approximate surface area is 131 Å². The molecule has 0 saturated carbocycles. The minimum Gasteiger partial charge on any atom is -0.371 e. The van der Waals surface area contributed by atoms with Crippen molar-refractivity contribution in [1.29, 1.82) is 0 Å². The topological polar surface area (TPSA) is 20.3 Å². The van der Waals surface area contributed by atoms with Crippen LogP contribution in [0.15, 0.2) is 48.5 Å². The second kappa shape index (κ2) is 7.28. The second-order valence-electron chi connectivity index (χ2n) is 5.10. The van der Waals surface area contributed by atoms with Crippen LogP contribution in [-0.2, 0) is 0 Å². The summed E-state index contributed by atoms with van der Waals surface area (Å²) in [5.41, 5.74) is 3.08. The van der Waals surface area contributed by atoms with Crippen molar-refractivity contribution in [3.05, 3.63) is 64.7 Å². The maximum absolute atomic E-state index is 12.2. The average Bonchev–Trinajstić information content (AvgIpc) is 2.49. The lowest BCUT2D eigenvalue weighted by molar-refractivity contribution is 0.0984. The van der Waals surface area contributed by atoms with Gasteiger partial charge >= 0.3 is 0 Å². The lowest BCUT2D eigenvalue weighted by Crippen LogP contribution is -2.25. The molecule has 0 N–H and O–H groups in total. The molecule has 2 aromatic rings. The molecule has 0 spiro atoms. The number of ketones is 1. The number of Topliss-reactive ketones (excluding diaryl/α,β-unsaturated/α-hetero) is 1. The maximum atomic E-state index is 12.2. The lowest BCUT2D eigenvalue weighted by atomic mass is 10.1. The van der Waals surface area contributed by atoms with Crippen LogP contribution in [-0.4, -0.2) is 18.9 Å². The monoisotopic (exact) mass is 301 g/mol. The Morgan fingerprint density at radius 1 is 1.14 bits per heavy atom. The third-order valence-electron chi connectivity index (χ3n) is 3.54. The van der Waals surface area contributed by atoms with Gasteiger partial charge in [-0.15, -0.1) is 0 Å². The summed E-state index contributed by atoms with van der Waals surface area (Å²) in [7, 11) is 0. The fourth-order valence-corrected chi connectivity index (χ4v) is 2.46. The highest BCUT2D eigenvalue weighted by atomic mass is 35.5. The summed E-state index contributed by atoms with van der Waals surface area (Å²) < 4.78 is 0. The van der Waals surface area contributed by atoms with Gasteiger partial charge in [-0.1, -0.05) is 41.4 Å². The standard InChI is InChI=1S/C18H20ClNO/c1-3-20(17-9-7-14(2)8-10-17)12-11-18(21)15-5-4-6-16(19)13-15/h4-10,13H,3,11-12H2,1-2H3. The van der Waals surface area contributed by atoms with E-state index in [0.29, 0.717) is 23.6 Å². The zero-order chi connectivity index (χ0) is 15.2. The summed E-state index contributed by atoms with van der Waals surface area (Å²) >= 11 is 5.93. The molecule has 0 aliphatic rings. The number of aryl methyl sites for hydroxylation is 1. The number of nitrogens with zero attached hydrogens (tertiary/aromatic N) is 1. The van der Waals surface area contributed by atoms with Crippen molar-refractivity contribution in [2.24, 2.45) is 0 Å². The van der Waals surface area contributed by atoms with Gasteiger partial charge in [0.25, 0.3) is 0 Å². The molecule has 0 unspecified atom stereocenters. The molecule has 3 heteroatoms. The van der Waals surface area contributed by atoms with Crippen molar-refractivity contribution in [3.63, 3.8) is 0 Å². The highest BCUT2D eigenvalue weighted by Crippen LogP contribution is 2.17. The smallest absolute Gasteiger partial charge is 0.164 e. The van der Waals surface area contributed by atoms with E-state index < -0.39 is 0 Å². The molecule has 2 rings (SSSR count). The molecule has 0 aliphatic heterocycles. The molecule has 0 radical (unpaired) electrons. The van der Waals surface area contributed by atoms with Gasteiger partial charge in [-0.25, -0.2) is 0 Å². The average molecular weight is 302 g/mol. The van der Waals surface area contributed by atoms with Crippen molar-refractivity contribution in [1.82, 2.24) is 0 Å². The van der Waals surface area contributed by atoms with E-state index in [4.69, 9.17) is 11.6 Å². The summed E-state index contributed by atoms with van der Waals surface area (Å²) in [6.07, 6.45) is 0.488. The summed E-state index contributed by atoms with van der Waals surface area (Å²) in [6.45, 7) is 5.77. The summed E-state index contributed by atoms with van der Waals surface area (Å²) in [5, 5.41) is 0.603. The first-order valence-corrected chi connectivity index (χ1v) is 7.58. The number of carbonyl (C=O) groups is 1. The summed E-state index contributed by atoms with van der Waals surface area (Å²) in [5.74, 6) is 0.128. The van der Waals surface area contributed by atoms with Gasteiger partial charge in [0.1, 0.15) is 0 Å². The molecule has 21 heavy (non-hydrogen) atoms. The van der Waals surface area contributed by atoms with Crippen LogP contribution in [0, 0.1) is 6.92 Å². The van der Waals surface area contributed by atoms with Gasteiger partial charge in [-0.05, 0) is 38.1 Å². The largest absolute Gasteiger partial charge is 0.371 e. The molecule has 110 valence electrons. The highest BCUT2D eigenvalue weighted by Gasteiger charge is 2.10. The third-order valence-corrected chi connectivity index (χ3v) is 3.77. The zero-order valence-corrected chi connectivity index (χ0v) is 13.2. The Morgan fingerprint density at radius 3 is 2.48 bits per heavy atom. The maximum Gasteiger partial charge on any atom is 0.164 e. The van der Waals surface area contributed by atoms with Crippen molar-refractivity contribution in [3.8, 4) is 0 Å². The molecule has 0 fully saturated rings. The Balaban J connectivity index is 2.00. The second-order valence-corrected chi connectivity index (χ2v) is 5.54. The van der Waals surface area contributed by atoms with Crippen LogP contribution in [0.25, 0.3) is 0 Å². The van der Waals surface area contributed by atoms with E-state index in [1.54, 1.807) is 12.1 Å². The van der Waals surface area contributed by atoms with E-state index in [9.17, 15) is 4.79 Å². The minimum absolute atomic E-state index is 0.128. The zero-order valence-electron chi connectivity index (χ0n) is 12.5. The fraction of sp³-hybridized carbons (Fsp3) is 0.278. The number of rotatable bonds is 6. The van der Waals surface area contributed by atoms with Gasteiger partial charge in [-0.3, -0.25) is 4.79 Å². The first kappa shape index (κ1) is 15.6. The van der Waals surface area contributed by atoms with Crippen molar-refractivity contribution < 1.29 is 4.79 Å². The molecular formula is C18H20ClNO. The molecule has 0 aromatic heterocycles. The van der Waals surface area contributed by atoms with E-state index in [2.05, 4.69) is 43.0 Å². The molecule has 0 saturated heterocycles. The normalized spacial score (nSPS) is 10.4. The van der Waals surface area contributed by atoms with E-state index in [1.165, 1.54) is 5.56 Å². The Kier molecular flexibility index (Phi) is 5.40. The van der Waals surface area contributed by atoms with Crippen LogP contribution in [0.4, 0.5) is 5.69 Å². The molecule has 0 heterocycles. The van der Waals surface area contributed by atoms with Crippen LogP contribution in [0.5, 0.6) is 0 Å². The number of carbonyl (C=O) groups excluding carboxylic acids is 1. The first-order valence-electron chi connectivity index (χ1n) is 7.20. The summed E-state index contributed by atoms with van der Waals surface area (Å²) in [4.78, 5) is 14.4. The predicted octanol–water partition coefficient (Wildman–Crippen LogP) is 4.75. The van der Waals surface area contributed by atoms with E-state index in [1.807, 2.05) is 12.1 Å². The summed E-state index contributed by atoms with van der Waals surface area (Å²) in [6, 6.07) is 15.5. The van der Waals surface area contributed by atoms with Crippen LogP contribution in [0.3, 0.4) is 0 Å². The molecule has 0 aliphatic carbocycles. The third kappa shape index (κ3) is 4.33. The van der Waals surface area contributed by atoms with Crippen molar-refractivity contribution >= 4 is 23.1 Å². The van der Waals surface area contributed by atoms with Crippen molar-refractivity contribution in [2.45, 2.75) is 20.3 Å². The van der Waals surface area contributed by atoms with Gasteiger partial charge in [0.2, 0.25) is 0 Å². The van der Waals surface area contributed by atoms with Gasteiger partial charge in [0.15, 0.2) is 5.78 Å². The van der Waals surface area contributed by atoms with Crippen LogP contribution in [0.2, 0.25) is 5.02 Å². The number of anilines is 1. The number of hydrogen-bond acceptors (Lipinski definition) is 2. The van der Waals surface area contributed by atoms with Gasteiger partial charge < -0.3 is 4.90 Å². The van der Waals surface area contributed by atoms with Crippen LogP contribution in [0.1, 0.15) is 29.3 Å². The Hall–Kier alpha value is -1.80. The van der Waals surface area contributed by atoms with E-state index in [-0.39, 0.29) is 5.78 Å². The minimum atomic E-state index is 0.128. The molecule has 0 atom stereocenters. The molecule has 2 nitrogen and oxygen atoms in total. The molecular weight excluding hydrogens is 282 g/mol.